The Morgan fingerprint density at radius 1 is 1.16 bits per heavy atom. The first-order valence-electron chi connectivity index (χ1n) is 9.86. The number of thiazole rings is 1. The molecule has 0 saturated carbocycles. The van der Waals surface area contributed by atoms with Gasteiger partial charge in [-0.25, -0.2) is 8.42 Å². The van der Waals surface area contributed by atoms with E-state index in [0.29, 0.717) is 6.54 Å². The smallest absolute Gasteiger partial charge is 0.262 e. The number of methoxy groups -OCH3 is 1. The van der Waals surface area contributed by atoms with E-state index in [0.717, 1.165) is 36.6 Å². The molecule has 5 nitrogen and oxygen atoms in total. The van der Waals surface area contributed by atoms with E-state index < -0.39 is 10.1 Å². The van der Waals surface area contributed by atoms with E-state index in [2.05, 4.69) is 48.8 Å². The molecule has 0 atom stereocenters. The highest BCUT2D eigenvalue weighted by Crippen LogP contribution is 2.38. The van der Waals surface area contributed by atoms with Gasteiger partial charge in [0.15, 0.2) is 6.54 Å². The summed E-state index contributed by atoms with van der Waals surface area (Å²) in [6, 6.07) is 10.4. The van der Waals surface area contributed by atoms with Crippen LogP contribution in [0.2, 0.25) is 0 Å². The molecule has 0 N–H and O–H groups in total. The SMILES string of the molecule is COc1cc2sc(/C=C/c3ccc(C)cc3C)[n+](CCCS(=O)(=O)[O-])c2c2sccc12. The van der Waals surface area contributed by atoms with Gasteiger partial charge in [-0.05, 0) is 42.5 Å². The summed E-state index contributed by atoms with van der Waals surface area (Å²) >= 11 is 3.27. The van der Waals surface area contributed by atoms with Gasteiger partial charge in [0, 0.05) is 29.7 Å². The number of aryl methyl sites for hydroxylation is 3. The van der Waals surface area contributed by atoms with Crippen LogP contribution in [0, 0.1) is 13.8 Å². The lowest BCUT2D eigenvalue weighted by Gasteiger charge is -2.05. The molecule has 162 valence electrons. The normalized spacial score (nSPS) is 12.4. The minimum atomic E-state index is -4.25. The summed E-state index contributed by atoms with van der Waals surface area (Å²) in [5.74, 6) is 0.450. The molecule has 0 radical (unpaired) electrons. The Morgan fingerprint density at radius 2 is 1.97 bits per heavy atom. The van der Waals surface area contributed by atoms with Crippen LogP contribution in [-0.2, 0) is 16.7 Å². The zero-order valence-corrected chi connectivity index (χ0v) is 20.0. The Bertz CT molecular complexity index is 1400. The highest BCUT2D eigenvalue weighted by atomic mass is 32.2. The first kappa shape index (κ1) is 22.0. The third kappa shape index (κ3) is 4.67. The molecule has 0 spiro atoms. The molecule has 2 heterocycles. The van der Waals surface area contributed by atoms with Crippen LogP contribution in [0.4, 0.5) is 0 Å². The molecule has 2 aromatic heterocycles. The van der Waals surface area contributed by atoms with Crippen molar-refractivity contribution in [3.8, 4) is 5.75 Å². The van der Waals surface area contributed by atoms with Crippen molar-refractivity contribution in [3.05, 3.63) is 57.4 Å². The number of rotatable bonds is 7. The van der Waals surface area contributed by atoms with Crippen LogP contribution in [0.3, 0.4) is 0 Å². The lowest BCUT2D eigenvalue weighted by molar-refractivity contribution is -0.667. The summed E-state index contributed by atoms with van der Waals surface area (Å²) < 4.78 is 43.3. The van der Waals surface area contributed by atoms with Crippen LogP contribution in [-0.4, -0.2) is 25.8 Å². The molecule has 4 aromatic rings. The van der Waals surface area contributed by atoms with E-state index in [1.54, 1.807) is 29.8 Å². The minimum Gasteiger partial charge on any atom is -0.748 e. The number of thiophene rings is 1. The molecule has 0 fully saturated rings. The summed E-state index contributed by atoms with van der Waals surface area (Å²) in [6.45, 7) is 4.61. The van der Waals surface area contributed by atoms with Crippen LogP contribution >= 0.6 is 22.7 Å². The monoisotopic (exact) mass is 473 g/mol. The van der Waals surface area contributed by atoms with Gasteiger partial charge in [-0.2, -0.15) is 4.57 Å². The van der Waals surface area contributed by atoms with E-state index in [1.165, 1.54) is 11.1 Å². The third-order valence-corrected chi connectivity index (χ3v) is 8.03. The predicted octanol–water partition coefficient (Wildman–Crippen LogP) is 5.13. The fourth-order valence-corrected chi connectivity index (χ4v) is 6.41. The van der Waals surface area contributed by atoms with E-state index in [-0.39, 0.29) is 12.2 Å². The summed E-state index contributed by atoms with van der Waals surface area (Å²) in [4.78, 5) is 0. The lowest BCUT2D eigenvalue weighted by Crippen LogP contribution is -2.36. The molecule has 2 aromatic carbocycles. The maximum atomic E-state index is 11.1. The van der Waals surface area contributed by atoms with Gasteiger partial charge in [0.2, 0.25) is 5.52 Å². The highest BCUT2D eigenvalue weighted by Gasteiger charge is 2.24. The number of hydrogen-bond acceptors (Lipinski definition) is 6. The maximum Gasteiger partial charge on any atom is 0.262 e. The molecule has 4 rings (SSSR count). The van der Waals surface area contributed by atoms with Crippen molar-refractivity contribution < 1.29 is 22.3 Å². The molecule has 8 heteroatoms. The Kier molecular flexibility index (Phi) is 6.16. The summed E-state index contributed by atoms with van der Waals surface area (Å²) in [7, 11) is -2.58. The van der Waals surface area contributed by atoms with Gasteiger partial charge < -0.3 is 9.29 Å². The van der Waals surface area contributed by atoms with Gasteiger partial charge in [0.05, 0.1) is 17.2 Å². The number of ether oxygens (including phenoxy) is 1. The van der Waals surface area contributed by atoms with Gasteiger partial charge in [-0.3, -0.25) is 0 Å². The van der Waals surface area contributed by atoms with Crippen molar-refractivity contribution in [2.75, 3.05) is 12.9 Å². The lowest BCUT2D eigenvalue weighted by atomic mass is 10.1. The van der Waals surface area contributed by atoms with Gasteiger partial charge in [0.1, 0.15) is 15.1 Å². The van der Waals surface area contributed by atoms with Gasteiger partial charge in [-0.15, -0.1) is 11.3 Å². The first-order valence-corrected chi connectivity index (χ1v) is 13.1. The molecule has 0 unspecified atom stereocenters. The minimum absolute atomic E-state index is 0.269. The Morgan fingerprint density at radius 3 is 2.68 bits per heavy atom. The summed E-state index contributed by atoms with van der Waals surface area (Å²) in [5.41, 5.74) is 4.61. The average Bonchev–Trinajstić information content (AvgIpc) is 3.30. The van der Waals surface area contributed by atoms with Gasteiger partial charge in [0.25, 0.3) is 5.01 Å². The van der Waals surface area contributed by atoms with Crippen molar-refractivity contribution in [1.29, 1.82) is 0 Å². The van der Waals surface area contributed by atoms with E-state index in [4.69, 9.17) is 4.74 Å². The van der Waals surface area contributed by atoms with Crippen LogP contribution < -0.4 is 9.30 Å². The van der Waals surface area contributed by atoms with Crippen molar-refractivity contribution in [1.82, 2.24) is 0 Å². The van der Waals surface area contributed by atoms with E-state index >= 15 is 0 Å². The summed E-state index contributed by atoms with van der Waals surface area (Å²) in [6.07, 6.45) is 4.43. The Hall–Kier alpha value is -2.26. The Balaban J connectivity index is 1.84. The number of hydrogen-bond donors (Lipinski definition) is 0. The van der Waals surface area contributed by atoms with Crippen LogP contribution in [0.25, 0.3) is 32.5 Å². The quantitative estimate of drug-likeness (QED) is 0.275. The zero-order chi connectivity index (χ0) is 22.2. The van der Waals surface area contributed by atoms with Crippen molar-refractivity contribution >= 4 is 65.2 Å². The van der Waals surface area contributed by atoms with Gasteiger partial charge >= 0.3 is 0 Å². The predicted molar refractivity (Wildman–Crippen MR) is 128 cm³/mol. The molecule has 0 saturated heterocycles. The van der Waals surface area contributed by atoms with E-state index in [9.17, 15) is 13.0 Å². The van der Waals surface area contributed by atoms with Crippen LogP contribution in [0.1, 0.15) is 28.1 Å². The number of fused-ring (bicyclic) bond motifs is 3. The topological polar surface area (TPSA) is 70.3 Å². The fraction of sp³-hybridized carbons (Fsp3) is 0.261. The fourth-order valence-electron chi connectivity index (χ4n) is 3.76. The second-order valence-corrected chi connectivity index (χ2v) is 11.0. The molecule has 31 heavy (non-hydrogen) atoms. The van der Waals surface area contributed by atoms with Gasteiger partial charge in [-0.1, -0.05) is 35.1 Å². The second-order valence-electron chi connectivity index (χ2n) is 7.49. The molecule has 0 aliphatic rings. The van der Waals surface area contributed by atoms with Crippen molar-refractivity contribution in [2.45, 2.75) is 26.8 Å². The zero-order valence-electron chi connectivity index (χ0n) is 17.5. The molecular weight excluding hydrogens is 450 g/mol. The third-order valence-electron chi connectivity index (χ3n) is 5.22. The first-order chi connectivity index (χ1) is 14.8. The Labute approximate surface area is 190 Å². The largest absolute Gasteiger partial charge is 0.748 e. The maximum absolute atomic E-state index is 11.1. The average molecular weight is 474 g/mol. The molecular formula is C23H23NO4S3. The molecule has 0 bridgehead atoms. The molecule has 0 amide bonds. The molecule has 0 aliphatic carbocycles. The van der Waals surface area contributed by atoms with Crippen LogP contribution in [0.5, 0.6) is 5.75 Å². The second kappa shape index (κ2) is 8.70. The van der Waals surface area contributed by atoms with Crippen molar-refractivity contribution in [3.63, 3.8) is 0 Å². The summed E-state index contributed by atoms with van der Waals surface area (Å²) in [5, 5.41) is 4.07. The number of aromatic nitrogens is 1. The highest BCUT2D eigenvalue weighted by molar-refractivity contribution is 7.85. The number of benzene rings is 2. The standard InChI is InChI=1S/C23H23NO4S3/c1-15-5-6-17(16(2)13-15)7-8-21-24(10-4-12-31(25,26)27)22-20(30-21)14-19(28-3)18-9-11-29-23(18)22/h5-9,11,13-14H,4,10,12H2,1-3H3/b8-7+. The van der Waals surface area contributed by atoms with E-state index in [1.807, 2.05) is 17.5 Å². The van der Waals surface area contributed by atoms with Crippen LogP contribution in [0.15, 0.2) is 35.7 Å². The van der Waals surface area contributed by atoms with Crippen molar-refractivity contribution in [2.24, 2.45) is 0 Å². The number of nitrogens with zero attached hydrogens (tertiary/aromatic N) is 1. The molecule has 0 aliphatic heterocycles.